The van der Waals surface area contributed by atoms with E-state index in [9.17, 15) is 17.6 Å². The van der Waals surface area contributed by atoms with Crippen molar-refractivity contribution >= 4 is 8.80 Å². The predicted octanol–water partition coefficient (Wildman–Crippen LogP) is 2.10. The first-order valence-electron chi connectivity index (χ1n) is 5.25. The molecule has 0 aromatic carbocycles. The normalized spacial score (nSPS) is 17.8. The highest BCUT2D eigenvalue weighted by Gasteiger charge is 2.50. The molecule has 0 rings (SSSR count). The van der Waals surface area contributed by atoms with Crippen LogP contribution in [0.25, 0.3) is 0 Å². The van der Waals surface area contributed by atoms with Gasteiger partial charge in [-0.2, -0.15) is 0 Å². The van der Waals surface area contributed by atoms with Gasteiger partial charge in [0.2, 0.25) is 12.5 Å². The molecule has 9 heteroatoms. The Morgan fingerprint density at radius 3 is 1.67 bits per heavy atom. The maximum atomic E-state index is 13.2. The highest BCUT2D eigenvalue weighted by Crippen LogP contribution is 2.23. The van der Waals surface area contributed by atoms with E-state index in [1.807, 2.05) is 0 Å². The first kappa shape index (κ1) is 17.8. The molecule has 18 heavy (non-hydrogen) atoms. The largest absolute Gasteiger partial charge is 0.530 e. The number of rotatable bonds is 9. The van der Waals surface area contributed by atoms with E-state index < -0.39 is 33.5 Å². The first-order chi connectivity index (χ1) is 8.38. The van der Waals surface area contributed by atoms with Gasteiger partial charge in [0.1, 0.15) is 5.73 Å². The molecule has 0 aromatic rings. The van der Waals surface area contributed by atoms with Crippen molar-refractivity contribution in [2.45, 2.75) is 38.0 Å². The van der Waals surface area contributed by atoms with Crippen LogP contribution in [-0.4, -0.2) is 54.8 Å². The molecule has 0 radical (unpaired) electrons. The van der Waals surface area contributed by atoms with Crippen LogP contribution < -0.4 is 0 Å². The highest BCUT2D eigenvalue weighted by molar-refractivity contribution is 6.62. The van der Waals surface area contributed by atoms with Gasteiger partial charge in [-0.1, -0.05) is 6.92 Å². The minimum absolute atomic E-state index is 0.165. The van der Waals surface area contributed by atoms with Crippen LogP contribution in [0.5, 0.6) is 0 Å². The molecule has 0 aliphatic heterocycles. The number of halogens is 4. The van der Waals surface area contributed by atoms with Crippen LogP contribution in [0.1, 0.15) is 13.3 Å². The Morgan fingerprint density at radius 2 is 1.39 bits per heavy atom. The van der Waals surface area contributed by atoms with Crippen molar-refractivity contribution in [3.8, 4) is 0 Å². The first-order valence-corrected chi connectivity index (χ1v) is 7.05. The Bertz CT molecular complexity index is 222. The second-order valence-electron chi connectivity index (χ2n) is 3.38. The van der Waals surface area contributed by atoms with Crippen molar-refractivity contribution in [3.63, 3.8) is 0 Å². The van der Waals surface area contributed by atoms with Gasteiger partial charge in [0.25, 0.3) is 6.43 Å². The van der Waals surface area contributed by atoms with E-state index in [2.05, 4.69) is 4.74 Å². The molecule has 0 saturated heterocycles. The zero-order chi connectivity index (χ0) is 14.3. The maximum absolute atomic E-state index is 13.2. The third-order valence-electron chi connectivity index (χ3n) is 2.40. The van der Waals surface area contributed by atoms with E-state index in [0.29, 0.717) is 0 Å². The van der Waals surface area contributed by atoms with E-state index >= 15 is 0 Å². The summed E-state index contributed by atoms with van der Waals surface area (Å²) in [7, 11) is 0.423. The quantitative estimate of drug-likeness (QED) is 0.482. The Kier molecular flexibility index (Phi) is 7.95. The van der Waals surface area contributed by atoms with E-state index in [0.717, 1.165) is 0 Å². The summed E-state index contributed by atoms with van der Waals surface area (Å²) in [6, 6.07) is 0. The molecule has 110 valence electrons. The molecule has 3 atom stereocenters. The number of alkyl halides is 4. The Hall–Kier alpha value is -0.223. The minimum atomic E-state index is -3.46. The van der Waals surface area contributed by atoms with Crippen LogP contribution in [-0.2, 0) is 18.0 Å². The molecule has 0 aromatic heterocycles. The lowest BCUT2D eigenvalue weighted by Crippen LogP contribution is -2.56. The van der Waals surface area contributed by atoms with E-state index in [1.165, 1.54) is 21.3 Å². The molecule has 0 aliphatic rings. The van der Waals surface area contributed by atoms with Crippen molar-refractivity contribution in [3.05, 3.63) is 0 Å². The molecule has 0 spiro atoms. The van der Waals surface area contributed by atoms with Gasteiger partial charge in [-0.05, 0) is 6.42 Å². The van der Waals surface area contributed by atoms with Crippen molar-refractivity contribution in [2.75, 3.05) is 21.3 Å². The average Bonchev–Trinajstić information content (AvgIpc) is 2.38. The molecule has 0 amide bonds. The fourth-order valence-electron chi connectivity index (χ4n) is 1.42. The Labute approximate surface area is 105 Å². The van der Waals surface area contributed by atoms with Gasteiger partial charge in [0.15, 0.2) is 0 Å². The summed E-state index contributed by atoms with van der Waals surface area (Å²) in [4.78, 5) is 0. The van der Waals surface area contributed by atoms with Gasteiger partial charge >= 0.3 is 8.80 Å². The molecule has 0 bridgehead atoms. The second kappa shape index (κ2) is 8.05. The molecule has 0 saturated carbocycles. The summed E-state index contributed by atoms with van der Waals surface area (Å²) >= 11 is 0. The monoisotopic (exact) mass is 294 g/mol. The van der Waals surface area contributed by atoms with Crippen LogP contribution in [0.4, 0.5) is 17.6 Å². The molecule has 0 aliphatic carbocycles. The topological polar surface area (TPSA) is 36.9 Å². The van der Waals surface area contributed by atoms with Crippen molar-refractivity contribution < 1.29 is 35.6 Å². The van der Waals surface area contributed by atoms with Gasteiger partial charge in [-0.3, -0.25) is 0 Å². The van der Waals surface area contributed by atoms with Crippen LogP contribution in [0.2, 0.25) is 0 Å². The minimum Gasteiger partial charge on any atom is -0.375 e. The van der Waals surface area contributed by atoms with Crippen molar-refractivity contribution in [2.24, 2.45) is 0 Å². The summed E-state index contributed by atoms with van der Waals surface area (Å²) in [5, 5.41) is 0. The maximum Gasteiger partial charge on any atom is 0.530 e. The molecule has 0 fully saturated rings. The smallest absolute Gasteiger partial charge is 0.375 e. The lowest BCUT2D eigenvalue weighted by atomic mass is 10.4. The Balaban J connectivity index is 4.77. The molecule has 0 N–H and O–H groups in total. The predicted molar refractivity (Wildman–Crippen MR) is 57.7 cm³/mol. The highest BCUT2D eigenvalue weighted by atomic mass is 28.4. The zero-order valence-electron chi connectivity index (χ0n) is 10.7. The van der Waals surface area contributed by atoms with Gasteiger partial charge < -0.3 is 18.0 Å². The third kappa shape index (κ3) is 4.16. The molecular weight excluding hydrogens is 276 g/mol. The van der Waals surface area contributed by atoms with Gasteiger partial charge in [0, 0.05) is 21.3 Å². The fourth-order valence-corrected chi connectivity index (χ4v) is 3.51. The summed E-state index contributed by atoms with van der Waals surface area (Å²) in [6.45, 7) is 1.59. The van der Waals surface area contributed by atoms with Gasteiger partial charge in [-0.15, -0.1) is 0 Å². The third-order valence-corrected chi connectivity index (χ3v) is 5.44. The van der Waals surface area contributed by atoms with E-state index in [1.54, 1.807) is 6.92 Å². The zero-order valence-corrected chi connectivity index (χ0v) is 11.7. The average molecular weight is 294 g/mol. The van der Waals surface area contributed by atoms with Crippen molar-refractivity contribution in [1.82, 2.24) is 0 Å². The molecule has 0 heterocycles. The second-order valence-corrected chi connectivity index (χ2v) is 6.45. The number of hydrogen-bond acceptors (Lipinski definition) is 4. The number of hydrogen-bond donors (Lipinski definition) is 0. The van der Waals surface area contributed by atoms with E-state index in [4.69, 9.17) is 13.3 Å². The lowest BCUT2D eigenvalue weighted by Gasteiger charge is -2.32. The lowest BCUT2D eigenvalue weighted by molar-refractivity contribution is -0.152. The molecular formula is C9H18F4O4Si. The fraction of sp³-hybridized carbons (Fsp3) is 1.00. The van der Waals surface area contributed by atoms with E-state index in [-0.39, 0.29) is 6.42 Å². The number of ether oxygens (including phenoxy) is 1. The standard InChI is InChI=1S/C9H18F4O4Si/c1-5-6(18(14-2,15-3)16-4)17-9(13)7(10)8(11)12/h6-9H,5H2,1-4H3. The van der Waals surface area contributed by atoms with Gasteiger partial charge in [0.05, 0.1) is 0 Å². The molecule has 4 nitrogen and oxygen atoms in total. The van der Waals surface area contributed by atoms with Crippen LogP contribution in [0.15, 0.2) is 0 Å². The van der Waals surface area contributed by atoms with Crippen LogP contribution >= 0.6 is 0 Å². The summed E-state index contributed by atoms with van der Waals surface area (Å²) in [6.07, 6.45) is -9.07. The van der Waals surface area contributed by atoms with Crippen LogP contribution in [0.3, 0.4) is 0 Å². The summed E-state index contributed by atoms with van der Waals surface area (Å²) in [5.41, 5.74) is -1.07. The summed E-state index contributed by atoms with van der Waals surface area (Å²) < 4.78 is 69.7. The summed E-state index contributed by atoms with van der Waals surface area (Å²) in [5.74, 6) is 0. The molecule has 3 unspecified atom stereocenters. The SMILES string of the molecule is CCC(OC(F)C(F)C(F)F)[Si](OC)(OC)OC. The van der Waals surface area contributed by atoms with Crippen LogP contribution in [0, 0.1) is 0 Å². The Morgan fingerprint density at radius 1 is 0.944 bits per heavy atom. The van der Waals surface area contributed by atoms with Crippen molar-refractivity contribution in [1.29, 1.82) is 0 Å². The van der Waals surface area contributed by atoms with Gasteiger partial charge in [-0.25, -0.2) is 17.6 Å².